The van der Waals surface area contributed by atoms with Gasteiger partial charge in [0.05, 0.1) is 4.90 Å². The summed E-state index contributed by atoms with van der Waals surface area (Å²) in [6.45, 7) is 10.3. The van der Waals surface area contributed by atoms with E-state index in [1.165, 1.54) is 0 Å². The minimum absolute atomic E-state index is 0.359. The third kappa shape index (κ3) is 3.70. The van der Waals surface area contributed by atoms with Crippen molar-refractivity contribution in [3.63, 3.8) is 0 Å². The molecule has 8 heteroatoms. The van der Waals surface area contributed by atoms with Crippen LogP contribution < -0.4 is 4.90 Å². The first-order valence-electron chi connectivity index (χ1n) is 8.45. The summed E-state index contributed by atoms with van der Waals surface area (Å²) in [6, 6.07) is 5.33. The summed E-state index contributed by atoms with van der Waals surface area (Å²) in [7, 11) is -3.44. The molecule has 2 aromatic rings. The van der Waals surface area contributed by atoms with Gasteiger partial charge in [0.1, 0.15) is 5.01 Å². The minimum Gasteiger partial charge on any atom is -0.344 e. The van der Waals surface area contributed by atoms with Crippen LogP contribution in [0.2, 0.25) is 0 Å². The van der Waals surface area contributed by atoms with Crippen molar-refractivity contribution in [1.29, 1.82) is 0 Å². The summed E-state index contributed by atoms with van der Waals surface area (Å²) < 4.78 is 27.3. The molecule has 0 aliphatic carbocycles. The number of nitrogens with zero attached hydrogens (tertiary/aromatic N) is 4. The second-order valence-corrected chi connectivity index (χ2v) is 9.64. The van der Waals surface area contributed by atoms with E-state index >= 15 is 0 Å². The molecule has 1 aromatic heterocycles. The van der Waals surface area contributed by atoms with E-state index in [0.29, 0.717) is 37.0 Å². The van der Waals surface area contributed by atoms with Crippen LogP contribution in [0.3, 0.4) is 0 Å². The van der Waals surface area contributed by atoms with Crippen molar-refractivity contribution in [3.8, 4) is 0 Å². The highest BCUT2D eigenvalue weighted by atomic mass is 32.2. The van der Waals surface area contributed by atoms with Crippen LogP contribution in [0.1, 0.15) is 35.9 Å². The van der Waals surface area contributed by atoms with Gasteiger partial charge >= 0.3 is 0 Å². The first-order chi connectivity index (χ1) is 11.8. The lowest BCUT2D eigenvalue weighted by Gasteiger charge is -2.33. The summed E-state index contributed by atoms with van der Waals surface area (Å²) in [5.74, 6) is 0.359. The van der Waals surface area contributed by atoms with E-state index in [1.54, 1.807) is 27.8 Å². The van der Waals surface area contributed by atoms with Crippen LogP contribution in [0.15, 0.2) is 23.1 Å². The topological polar surface area (TPSA) is 66.4 Å². The Hall–Kier alpha value is -1.51. The maximum absolute atomic E-state index is 12.9. The standard InChI is InChI=1S/C17H24N4O2S2/c1-12(2)16-18-19-17(24-16)20-7-9-21(10-8-20)25(22,23)15-6-5-13(3)14(4)11-15/h5-6,11-12H,7-10H2,1-4H3. The second kappa shape index (κ2) is 7.01. The Kier molecular flexibility index (Phi) is 5.13. The van der Waals surface area contributed by atoms with Crippen LogP contribution >= 0.6 is 11.3 Å². The maximum atomic E-state index is 12.9. The molecule has 0 atom stereocenters. The number of aryl methyl sites for hydroxylation is 2. The van der Waals surface area contributed by atoms with Crippen LogP contribution in [-0.2, 0) is 10.0 Å². The molecule has 0 N–H and O–H groups in total. The minimum atomic E-state index is -3.44. The molecule has 0 unspecified atom stereocenters. The molecule has 0 amide bonds. The Morgan fingerprint density at radius 1 is 1.04 bits per heavy atom. The molecule has 0 spiro atoms. The highest BCUT2D eigenvalue weighted by Gasteiger charge is 2.29. The van der Waals surface area contributed by atoms with Crippen LogP contribution in [0.25, 0.3) is 0 Å². The first kappa shape index (κ1) is 18.3. The normalized spacial score (nSPS) is 16.6. The molecule has 1 aromatic carbocycles. The number of piperazine rings is 1. The molecule has 1 saturated heterocycles. The van der Waals surface area contributed by atoms with Gasteiger partial charge in [-0.2, -0.15) is 4.31 Å². The molecule has 1 aliphatic heterocycles. The third-order valence-corrected chi connectivity index (χ3v) is 7.73. The van der Waals surface area contributed by atoms with Crippen LogP contribution in [0.4, 0.5) is 5.13 Å². The fourth-order valence-electron chi connectivity index (χ4n) is 2.73. The molecule has 2 heterocycles. The third-order valence-electron chi connectivity index (χ3n) is 4.55. The largest absolute Gasteiger partial charge is 0.344 e. The molecular formula is C17H24N4O2S2. The summed E-state index contributed by atoms with van der Waals surface area (Å²) in [4.78, 5) is 2.50. The smallest absolute Gasteiger partial charge is 0.243 e. The Morgan fingerprint density at radius 2 is 1.72 bits per heavy atom. The van der Waals surface area contributed by atoms with Gasteiger partial charge in [-0.25, -0.2) is 8.42 Å². The number of sulfonamides is 1. The van der Waals surface area contributed by atoms with E-state index in [4.69, 9.17) is 0 Å². The van der Waals surface area contributed by atoms with Crippen molar-refractivity contribution in [3.05, 3.63) is 34.3 Å². The van der Waals surface area contributed by atoms with E-state index in [-0.39, 0.29) is 0 Å². The summed E-state index contributed by atoms with van der Waals surface area (Å²) in [6.07, 6.45) is 0. The predicted octanol–water partition coefficient (Wildman–Crippen LogP) is 2.79. The number of rotatable bonds is 4. The van der Waals surface area contributed by atoms with Crippen molar-refractivity contribution >= 4 is 26.5 Å². The van der Waals surface area contributed by atoms with Gasteiger partial charge in [0, 0.05) is 32.1 Å². The number of hydrogen-bond donors (Lipinski definition) is 0. The SMILES string of the molecule is Cc1ccc(S(=O)(=O)N2CCN(c3nnc(C(C)C)s3)CC2)cc1C. The van der Waals surface area contributed by atoms with E-state index in [1.807, 2.05) is 19.9 Å². The first-order valence-corrected chi connectivity index (χ1v) is 10.7. The Morgan fingerprint density at radius 3 is 2.28 bits per heavy atom. The summed E-state index contributed by atoms with van der Waals surface area (Å²) in [5, 5.41) is 10.4. The van der Waals surface area contributed by atoms with Gasteiger partial charge in [-0.3, -0.25) is 0 Å². The number of aromatic nitrogens is 2. The lowest BCUT2D eigenvalue weighted by Crippen LogP contribution is -2.48. The molecule has 136 valence electrons. The van der Waals surface area contributed by atoms with E-state index in [0.717, 1.165) is 21.3 Å². The van der Waals surface area contributed by atoms with Gasteiger partial charge in [-0.05, 0) is 37.1 Å². The van der Waals surface area contributed by atoms with Gasteiger partial charge in [0.25, 0.3) is 0 Å². The van der Waals surface area contributed by atoms with Crippen molar-refractivity contribution in [1.82, 2.24) is 14.5 Å². The van der Waals surface area contributed by atoms with Gasteiger partial charge < -0.3 is 4.90 Å². The van der Waals surface area contributed by atoms with Crippen molar-refractivity contribution in [2.45, 2.75) is 38.5 Å². The van der Waals surface area contributed by atoms with Gasteiger partial charge in [-0.15, -0.1) is 10.2 Å². The van der Waals surface area contributed by atoms with Gasteiger partial charge in [-0.1, -0.05) is 31.3 Å². The van der Waals surface area contributed by atoms with Crippen molar-refractivity contribution in [2.24, 2.45) is 0 Å². The molecule has 1 fully saturated rings. The van der Waals surface area contributed by atoms with Crippen LogP contribution in [0, 0.1) is 13.8 Å². The highest BCUT2D eigenvalue weighted by molar-refractivity contribution is 7.89. The molecule has 1 aliphatic rings. The Labute approximate surface area is 153 Å². The lowest BCUT2D eigenvalue weighted by molar-refractivity contribution is 0.384. The monoisotopic (exact) mass is 380 g/mol. The molecule has 3 rings (SSSR count). The van der Waals surface area contributed by atoms with Crippen molar-refractivity contribution < 1.29 is 8.42 Å². The molecule has 0 bridgehead atoms. The zero-order valence-electron chi connectivity index (χ0n) is 15.1. The molecule has 0 saturated carbocycles. The Balaban J connectivity index is 1.71. The molecule has 0 radical (unpaired) electrons. The lowest BCUT2D eigenvalue weighted by atomic mass is 10.1. The van der Waals surface area contributed by atoms with E-state index in [2.05, 4.69) is 28.9 Å². The quantitative estimate of drug-likeness (QED) is 0.816. The average molecular weight is 381 g/mol. The number of anilines is 1. The van der Waals surface area contributed by atoms with Crippen LogP contribution in [0.5, 0.6) is 0 Å². The fraction of sp³-hybridized carbons (Fsp3) is 0.529. The van der Waals surface area contributed by atoms with Crippen molar-refractivity contribution in [2.75, 3.05) is 31.1 Å². The zero-order valence-corrected chi connectivity index (χ0v) is 16.7. The zero-order chi connectivity index (χ0) is 18.2. The molecule has 25 heavy (non-hydrogen) atoms. The fourth-order valence-corrected chi connectivity index (χ4v) is 5.14. The average Bonchev–Trinajstić information content (AvgIpc) is 3.08. The van der Waals surface area contributed by atoms with Crippen LogP contribution in [-0.4, -0.2) is 49.1 Å². The summed E-state index contributed by atoms with van der Waals surface area (Å²) in [5.41, 5.74) is 2.09. The Bertz CT molecular complexity index is 853. The number of benzene rings is 1. The number of hydrogen-bond acceptors (Lipinski definition) is 6. The molecule has 6 nitrogen and oxygen atoms in total. The van der Waals surface area contributed by atoms with Gasteiger partial charge in [0.15, 0.2) is 0 Å². The highest BCUT2D eigenvalue weighted by Crippen LogP contribution is 2.27. The van der Waals surface area contributed by atoms with Gasteiger partial charge in [0.2, 0.25) is 15.2 Å². The van der Waals surface area contributed by atoms with E-state index < -0.39 is 10.0 Å². The summed E-state index contributed by atoms with van der Waals surface area (Å²) >= 11 is 1.59. The predicted molar refractivity (Wildman–Crippen MR) is 101 cm³/mol. The molecular weight excluding hydrogens is 356 g/mol. The van der Waals surface area contributed by atoms with E-state index in [9.17, 15) is 8.42 Å². The second-order valence-electron chi connectivity index (χ2n) is 6.71. The maximum Gasteiger partial charge on any atom is 0.243 e.